The highest BCUT2D eigenvalue weighted by molar-refractivity contribution is 5.89. The third-order valence-corrected chi connectivity index (χ3v) is 4.17. The van der Waals surface area contributed by atoms with E-state index in [-0.39, 0.29) is 6.42 Å². The molecule has 0 saturated carbocycles. The Morgan fingerprint density at radius 2 is 1.86 bits per heavy atom. The number of hydrogen-bond donors (Lipinski definition) is 0. The molecule has 1 aromatic rings. The standard InChI is InChI=1S/C17H17F3O2/c1-3-16(17(18,19)20)11-5-4-6-14(16)12-7-9-13(10-8-12)15(21)22-2/h4-11,14H,3H2,1-2H3. The van der Waals surface area contributed by atoms with Gasteiger partial charge in [-0.1, -0.05) is 43.4 Å². The quantitative estimate of drug-likeness (QED) is 0.760. The minimum absolute atomic E-state index is 0.0548. The van der Waals surface area contributed by atoms with E-state index in [0.29, 0.717) is 11.1 Å². The summed E-state index contributed by atoms with van der Waals surface area (Å²) in [5.41, 5.74) is -1.09. The average molecular weight is 310 g/mol. The molecule has 22 heavy (non-hydrogen) atoms. The Morgan fingerprint density at radius 1 is 1.23 bits per heavy atom. The number of hydrogen-bond acceptors (Lipinski definition) is 2. The van der Waals surface area contributed by atoms with Crippen LogP contribution in [0.1, 0.15) is 35.2 Å². The van der Waals surface area contributed by atoms with Gasteiger partial charge in [-0.15, -0.1) is 0 Å². The summed E-state index contributed by atoms with van der Waals surface area (Å²) in [6, 6.07) is 6.08. The molecule has 0 saturated heterocycles. The lowest BCUT2D eigenvalue weighted by Gasteiger charge is -2.39. The second-order valence-electron chi connectivity index (χ2n) is 5.23. The van der Waals surface area contributed by atoms with Crippen molar-refractivity contribution < 1.29 is 22.7 Å². The second kappa shape index (κ2) is 5.99. The van der Waals surface area contributed by atoms with Crippen LogP contribution in [0.3, 0.4) is 0 Å². The molecule has 0 bridgehead atoms. The molecule has 0 amide bonds. The first-order chi connectivity index (χ1) is 10.4. The van der Waals surface area contributed by atoms with E-state index in [1.807, 2.05) is 0 Å². The van der Waals surface area contributed by atoms with Gasteiger partial charge >= 0.3 is 12.1 Å². The maximum Gasteiger partial charge on any atom is 0.398 e. The van der Waals surface area contributed by atoms with Crippen molar-refractivity contribution in [2.24, 2.45) is 5.41 Å². The summed E-state index contributed by atoms with van der Waals surface area (Å²) in [7, 11) is 1.26. The number of ether oxygens (including phenoxy) is 1. The minimum atomic E-state index is -4.35. The summed E-state index contributed by atoms with van der Waals surface area (Å²) < 4.78 is 45.5. The highest BCUT2D eigenvalue weighted by atomic mass is 19.4. The lowest BCUT2D eigenvalue weighted by Crippen LogP contribution is -2.41. The van der Waals surface area contributed by atoms with E-state index in [4.69, 9.17) is 0 Å². The van der Waals surface area contributed by atoms with Crippen molar-refractivity contribution in [1.82, 2.24) is 0 Å². The van der Waals surface area contributed by atoms with Crippen LogP contribution in [0.2, 0.25) is 0 Å². The topological polar surface area (TPSA) is 26.3 Å². The van der Waals surface area contributed by atoms with Crippen molar-refractivity contribution in [2.45, 2.75) is 25.4 Å². The zero-order valence-electron chi connectivity index (χ0n) is 12.4. The largest absolute Gasteiger partial charge is 0.465 e. The van der Waals surface area contributed by atoms with Crippen molar-refractivity contribution >= 4 is 5.97 Å². The molecule has 1 aromatic carbocycles. The summed E-state index contributed by atoms with van der Waals surface area (Å²) in [6.45, 7) is 1.53. The van der Waals surface area contributed by atoms with E-state index in [2.05, 4.69) is 4.74 Å². The molecule has 5 heteroatoms. The van der Waals surface area contributed by atoms with Crippen molar-refractivity contribution in [1.29, 1.82) is 0 Å². The SMILES string of the molecule is CCC1(C(F)(F)F)C=CC=CC1c1ccc(C(=O)OC)cc1. The van der Waals surface area contributed by atoms with Crippen LogP contribution < -0.4 is 0 Å². The molecule has 118 valence electrons. The number of halogens is 3. The predicted molar refractivity (Wildman–Crippen MR) is 77.6 cm³/mol. The average Bonchev–Trinajstić information content (AvgIpc) is 2.53. The van der Waals surface area contributed by atoms with Crippen LogP contribution in [0.15, 0.2) is 48.6 Å². The molecule has 0 fully saturated rings. The third-order valence-electron chi connectivity index (χ3n) is 4.17. The molecule has 1 aliphatic carbocycles. The van der Waals surface area contributed by atoms with E-state index in [0.717, 1.165) is 0 Å². The van der Waals surface area contributed by atoms with Crippen LogP contribution in [0.25, 0.3) is 0 Å². The Bertz CT molecular complexity index is 599. The molecule has 0 spiro atoms. The summed E-state index contributed by atoms with van der Waals surface area (Å²) >= 11 is 0. The van der Waals surface area contributed by atoms with Gasteiger partial charge in [0.15, 0.2) is 0 Å². The molecule has 0 aliphatic heterocycles. The monoisotopic (exact) mass is 310 g/mol. The fourth-order valence-corrected chi connectivity index (χ4v) is 2.84. The van der Waals surface area contributed by atoms with Gasteiger partial charge in [0.05, 0.1) is 18.1 Å². The number of alkyl halides is 3. The van der Waals surface area contributed by atoms with Gasteiger partial charge in [-0.05, 0) is 24.1 Å². The highest BCUT2D eigenvalue weighted by Gasteiger charge is 2.56. The molecular formula is C17H17F3O2. The summed E-state index contributed by atoms with van der Waals surface area (Å²) in [6.07, 6.45) is 1.44. The predicted octanol–water partition coefficient (Wildman–Crippen LogP) is 4.64. The number of carbonyl (C=O) groups is 1. The van der Waals surface area contributed by atoms with Crippen LogP contribution in [0.4, 0.5) is 13.2 Å². The summed E-state index contributed by atoms with van der Waals surface area (Å²) in [4.78, 5) is 11.4. The van der Waals surface area contributed by atoms with Crippen molar-refractivity contribution in [2.75, 3.05) is 7.11 Å². The normalized spacial score (nSPS) is 24.3. The van der Waals surface area contributed by atoms with E-state index >= 15 is 0 Å². The molecule has 2 atom stereocenters. The number of esters is 1. The molecule has 0 heterocycles. The zero-order valence-corrected chi connectivity index (χ0v) is 12.4. The maximum absolute atomic E-state index is 13.6. The van der Waals surface area contributed by atoms with Crippen LogP contribution >= 0.6 is 0 Å². The molecular weight excluding hydrogens is 293 g/mol. The lowest BCUT2D eigenvalue weighted by atomic mass is 9.67. The fourth-order valence-electron chi connectivity index (χ4n) is 2.84. The van der Waals surface area contributed by atoms with Gasteiger partial charge in [0.2, 0.25) is 0 Å². The second-order valence-corrected chi connectivity index (χ2v) is 5.23. The molecule has 1 aliphatic rings. The van der Waals surface area contributed by atoms with Gasteiger partial charge in [-0.25, -0.2) is 4.79 Å². The summed E-state index contributed by atoms with van der Waals surface area (Å²) in [5, 5.41) is 0. The first-order valence-corrected chi connectivity index (χ1v) is 6.96. The van der Waals surface area contributed by atoms with Crippen molar-refractivity contribution in [3.05, 3.63) is 59.7 Å². The van der Waals surface area contributed by atoms with Gasteiger partial charge < -0.3 is 4.74 Å². The van der Waals surface area contributed by atoms with Crippen LogP contribution in [-0.4, -0.2) is 19.3 Å². The number of methoxy groups -OCH3 is 1. The zero-order chi connectivity index (χ0) is 16.4. The van der Waals surface area contributed by atoms with E-state index in [1.165, 1.54) is 38.3 Å². The Morgan fingerprint density at radius 3 is 2.36 bits per heavy atom. The van der Waals surface area contributed by atoms with Crippen LogP contribution in [0, 0.1) is 5.41 Å². The van der Waals surface area contributed by atoms with Crippen LogP contribution in [0.5, 0.6) is 0 Å². The Kier molecular flexibility index (Phi) is 4.44. The Hall–Kier alpha value is -2.04. The molecule has 0 N–H and O–H groups in total. The molecule has 0 aromatic heterocycles. The fraction of sp³-hybridized carbons (Fsp3) is 0.353. The van der Waals surface area contributed by atoms with E-state index < -0.39 is 23.5 Å². The third kappa shape index (κ3) is 2.67. The van der Waals surface area contributed by atoms with Gasteiger partial charge in [-0.3, -0.25) is 0 Å². The summed E-state index contributed by atoms with van der Waals surface area (Å²) in [5.74, 6) is -1.32. The number of allylic oxidation sites excluding steroid dienone is 4. The molecule has 2 rings (SSSR count). The van der Waals surface area contributed by atoms with Gasteiger partial charge in [0, 0.05) is 5.92 Å². The van der Waals surface area contributed by atoms with Gasteiger partial charge in [-0.2, -0.15) is 13.2 Å². The Balaban J connectivity index is 2.43. The molecule has 0 radical (unpaired) electrons. The first-order valence-electron chi connectivity index (χ1n) is 6.96. The maximum atomic E-state index is 13.6. The smallest absolute Gasteiger partial charge is 0.398 e. The van der Waals surface area contributed by atoms with Crippen LogP contribution in [-0.2, 0) is 4.74 Å². The number of rotatable bonds is 3. The first kappa shape index (κ1) is 16.3. The molecule has 2 unspecified atom stereocenters. The highest BCUT2D eigenvalue weighted by Crippen LogP contribution is 2.54. The number of benzene rings is 1. The van der Waals surface area contributed by atoms with Crippen molar-refractivity contribution in [3.8, 4) is 0 Å². The van der Waals surface area contributed by atoms with E-state index in [1.54, 1.807) is 24.3 Å². The Labute approximate surface area is 127 Å². The van der Waals surface area contributed by atoms with E-state index in [9.17, 15) is 18.0 Å². The minimum Gasteiger partial charge on any atom is -0.465 e. The molecule has 2 nitrogen and oxygen atoms in total. The van der Waals surface area contributed by atoms with Gasteiger partial charge in [0.25, 0.3) is 0 Å². The van der Waals surface area contributed by atoms with Gasteiger partial charge in [0.1, 0.15) is 0 Å². The van der Waals surface area contributed by atoms with Crippen molar-refractivity contribution in [3.63, 3.8) is 0 Å². The number of carbonyl (C=O) groups excluding carboxylic acids is 1. The lowest BCUT2D eigenvalue weighted by molar-refractivity contribution is -0.211.